The van der Waals surface area contributed by atoms with Gasteiger partial charge in [0.15, 0.2) is 0 Å². The van der Waals surface area contributed by atoms with Gasteiger partial charge in [-0.1, -0.05) is 69.9 Å². The van der Waals surface area contributed by atoms with Crippen molar-refractivity contribution in [2.45, 2.75) is 19.8 Å². The van der Waals surface area contributed by atoms with Crippen LogP contribution in [0, 0.1) is 0 Å². The molecule has 0 N–H and O–H groups in total. The number of benzene rings is 4. The molecule has 4 aromatic carbocycles. The van der Waals surface area contributed by atoms with Crippen LogP contribution < -0.4 is 4.90 Å². The van der Waals surface area contributed by atoms with Gasteiger partial charge in [-0.05, 0) is 40.4 Å². The lowest BCUT2D eigenvalue weighted by Crippen LogP contribution is -2.24. The van der Waals surface area contributed by atoms with E-state index >= 15 is 0 Å². The van der Waals surface area contributed by atoms with Gasteiger partial charge < -0.3 is 14.0 Å². The molecule has 2 aromatic heterocycles. The molecule has 7 rings (SSSR count). The van der Waals surface area contributed by atoms with Crippen molar-refractivity contribution in [2.24, 2.45) is 15.3 Å². The summed E-state index contributed by atoms with van der Waals surface area (Å²) < 4.78 is 4.10. The summed E-state index contributed by atoms with van der Waals surface area (Å²) in [4.78, 5) is 11.3. The maximum atomic E-state index is 9.32. The lowest BCUT2D eigenvalue weighted by molar-refractivity contribution is 0.776. The average Bonchev–Trinajstić information content (AvgIpc) is 3.50. The maximum absolute atomic E-state index is 9.32. The summed E-state index contributed by atoms with van der Waals surface area (Å²) in [6, 6.07) is 24.2. The zero-order valence-electron chi connectivity index (χ0n) is 21.1. The SMILES string of the molecule is [N-]=[N+]=NCN1c2ccccc2Cc2c1c1c3ccccc3n(CN=[N+]=[N-])c1c1c3ccccc3n(CN=[N+]=[N-])c21. The topological polar surface area (TPSA) is 159 Å². The van der Waals surface area contributed by atoms with E-state index in [2.05, 4.69) is 57.7 Å². The Kier molecular flexibility index (Phi) is 5.36. The quantitative estimate of drug-likeness (QED) is 0.119. The molecule has 0 bridgehead atoms. The Morgan fingerprint density at radius 2 is 1.18 bits per heavy atom. The molecule has 6 aromatic rings. The van der Waals surface area contributed by atoms with Crippen molar-refractivity contribution in [3.8, 4) is 0 Å². The van der Waals surface area contributed by atoms with Crippen LogP contribution in [0.2, 0.25) is 0 Å². The highest BCUT2D eigenvalue weighted by Gasteiger charge is 2.32. The van der Waals surface area contributed by atoms with Crippen molar-refractivity contribution in [3.63, 3.8) is 0 Å². The summed E-state index contributed by atoms with van der Waals surface area (Å²) in [6.07, 6.45) is 0.632. The largest absolute Gasteiger partial charge is 0.334 e. The van der Waals surface area contributed by atoms with Gasteiger partial charge >= 0.3 is 0 Å². The van der Waals surface area contributed by atoms with Gasteiger partial charge in [0.2, 0.25) is 0 Å². The van der Waals surface area contributed by atoms with Crippen LogP contribution in [0.15, 0.2) is 88.1 Å². The summed E-state index contributed by atoms with van der Waals surface area (Å²) in [7, 11) is 0. The Morgan fingerprint density at radius 1 is 0.625 bits per heavy atom. The highest BCUT2D eigenvalue weighted by atomic mass is 15.3. The number of para-hydroxylation sites is 3. The summed E-state index contributed by atoms with van der Waals surface area (Å²) in [5.74, 6) is 0. The van der Waals surface area contributed by atoms with Crippen molar-refractivity contribution in [1.82, 2.24) is 9.13 Å². The summed E-state index contributed by atoms with van der Waals surface area (Å²) >= 11 is 0. The zero-order chi connectivity index (χ0) is 27.2. The molecule has 1 aliphatic heterocycles. The van der Waals surface area contributed by atoms with Crippen LogP contribution in [0.3, 0.4) is 0 Å². The van der Waals surface area contributed by atoms with Gasteiger partial charge in [-0.2, -0.15) is 0 Å². The first-order valence-electron chi connectivity index (χ1n) is 12.6. The summed E-state index contributed by atoms with van der Waals surface area (Å²) in [5.41, 5.74) is 35.6. The number of rotatable bonds is 6. The van der Waals surface area contributed by atoms with Crippen LogP contribution >= 0.6 is 0 Å². The van der Waals surface area contributed by atoms with Crippen LogP contribution in [0.25, 0.3) is 74.9 Å². The van der Waals surface area contributed by atoms with Gasteiger partial charge in [0.05, 0.1) is 16.7 Å². The average molecular weight is 525 g/mol. The fourth-order valence-corrected chi connectivity index (χ4v) is 6.34. The number of hydrogen-bond acceptors (Lipinski definition) is 4. The van der Waals surface area contributed by atoms with E-state index < -0.39 is 0 Å². The normalized spacial score (nSPS) is 12.2. The van der Waals surface area contributed by atoms with Crippen molar-refractivity contribution < 1.29 is 0 Å². The number of azide groups is 3. The molecule has 0 fully saturated rings. The van der Waals surface area contributed by atoms with E-state index in [1.54, 1.807) is 0 Å². The zero-order valence-corrected chi connectivity index (χ0v) is 21.1. The summed E-state index contributed by atoms with van der Waals surface area (Å²) in [5, 5.41) is 15.9. The second-order valence-electron chi connectivity index (χ2n) is 9.52. The molecule has 0 amide bonds. The second kappa shape index (κ2) is 9.20. The highest BCUT2D eigenvalue weighted by molar-refractivity contribution is 6.30. The predicted molar refractivity (Wildman–Crippen MR) is 156 cm³/mol. The molecule has 0 saturated heterocycles. The maximum Gasteiger partial charge on any atom is 0.102 e. The van der Waals surface area contributed by atoms with E-state index in [0.29, 0.717) is 6.42 Å². The van der Waals surface area contributed by atoms with Gasteiger partial charge in [-0.3, -0.25) is 0 Å². The third-order valence-corrected chi connectivity index (χ3v) is 7.71. The molecule has 0 aliphatic carbocycles. The number of hydrogen-bond donors (Lipinski definition) is 0. The van der Waals surface area contributed by atoms with E-state index in [-0.39, 0.29) is 20.0 Å². The Bertz CT molecular complexity index is 2150. The molecule has 0 atom stereocenters. The lowest BCUT2D eigenvalue weighted by Gasteiger charge is -2.34. The van der Waals surface area contributed by atoms with Crippen molar-refractivity contribution in [2.75, 3.05) is 11.6 Å². The van der Waals surface area contributed by atoms with E-state index in [9.17, 15) is 16.6 Å². The van der Waals surface area contributed by atoms with Gasteiger partial charge in [0, 0.05) is 65.0 Å². The first-order chi connectivity index (χ1) is 19.8. The Balaban J connectivity index is 1.80. The molecule has 12 nitrogen and oxygen atoms in total. The Labute approximate surface area is 226 Å². The molecule has 12 heteroatoms. The molecule has 40 heavy (non-hydrogen) atoms. The molecule has 1 aliphatic rings. The third kappa shape index (κ3) is 3.19. The second-order valence-corrected chi connectivity index (χ2v) is 9.52. The Hall–Kier alpha value is -5.79. The minimum absolute atomic E-state index is 0.0908. The van der Waals surface area contributed by atoms with Crippen molar-refractivity contribution in [1.29, 1.82) is 0 Å². The highest BCUT2D eigenvalue weighted by Crippen LogP contribution is 2.51. The number of fused-ring (bicyclic) bond motifs is 11. The third-order valence-electron chi connectivity index (χ3n) is 7.71. The number of nitrogens with zero attached hydrogens (tertiary/aromatic N) is 12. The van der Waals surface area contributed by atoms with Crippen LogP contribution in [0.4, 0.5) is 11.4 Å². The van der Waals surface area contributed by atoms with E-state index in [0.717, 1.165) is 66.1 Å². The Morgan fingerprint density at radius 3 is 1.85 bits per heavy atom. The van der Waals surface area contributed by atoms with E-state index in [1.807, 2.05) is 59.2 Å². The first kappa shape index (κ1) is 23.3. The fourth-order valence-electron chi connectivity index (χ4n) is 6.34. The minimum Gasteiger partial charge on any atom is -0.334 e. The molecule has 0 radical (unpaired) electrons. The van der Waals surface area contributed by atoms with Crippen LogP contribution in [-0.4, -0.2) is 15.8 Å². The van der Waals surface area contributed by atoms with Crippen LogP contribution in [0.1, 0.15) is 11.1 Å². The molecule has 192 valence electrons. The first-order valence-corrected chi connectivity index (χ1v) is 12.6. The smallest absolute Gasteiger partial charge is 0.102 e. The molecule has 0 spiro atoms. The van der Waals surface area contributed by atoms with Gasteiger partial charge in [-0.25, -0.2) is 0 Å². The fraction of sp³-hybridized carbons (Fsp3) is 0.143. The summed E-state index contributed by atoms with van der Waals surface area (Å²) in [6.45, 7) is 0.289. The van der Waals surface area contributed by atoms with Gasteiger partial charge in [0.25, 0.3) is 0 Å². The lowest BCUT2D eigenvalue weighted by atomic mass is 9.90. The molecule has 0 saturated carbocycles. The number of anilines is 2. The number of aromatic nitrogens is 2. The van der Waals surface area contributed by atoms with E-state index in [4.69, 9.17) is 0 Å². The predicted octanol–water partition coefficient (Wildman–Crippen LogP) is 8.75. The molecular weight excluding hydrogens is 504 g/mol. The standard InChI is InChI=1S/C28H20N12/c29-35-32-14-38-21-10-4-1-7-17(21)13-20-26(38)24-19-9-3-6-12-23(19)40(16-34-37-31)28(24)25-18-8-2-5-11-22(18)39(27(20)25)15-33-36-30/h1-12H,13-16H2. The van der Waals surface area contributed by atoms with Gasteiger partial charge in [0.1, 0.15) is 20.0 Å². The van der Waals surface area contributed by atoms with Crippen LogP contribution in [0.5, 0.6) is 0 Å². The van der Waals surface area contributed by atoms with Crippen LogP contribution in [-0.2, 0) is 19.8 Å². The van der Waals surface area contributed by atoms with Gasteiger partial charge in [-0.15, -0.1) is 0 Å². The van der Waals surface area contributed by atoms with Crippen molar-refractivity contribution >= 4 is 55.0 Å². The molecular formula is C28H20N12. The minimum atomic E-state index is 0.0908. The molecule has 0 unspecified atom stereocenters. The monoisotopic (exact) mass is 524 g/mol. The molecule has 3 heterocycles. The van der Waals surface area contributed by atoms with E-state index in [1.165, 1.54) is 0 Å². The van der Waals surface area contributed by atoms with Crippen molar-refractivity contribution in [3.05, 3.63) is 115 Å².